The van der Waals surface area contributed by atoms with Crippen LogP contribution in [0.15, 0.2) is 24.3 Å². The zero-order chi connectivity index (χ0) is 8.27. The van der Waals surface area contributed by atoms with Gasteiger partial charge in [-0.05, 0) is 6.07 Å². The van der Waals surface area contributed by atoms with E-state index in [4.69, 9.17) is 22.6 Å². The van der Waals surface area contributed by atoms with Crippen LogP contribution in [-0.2, 0) is 4.21 Å². The first kappa shape index (κ1) is 8.39. The van der Waals surface area contributed by atoms with Gasteiger partial charge in [-0.1, -0.05) is 18.2 Å². The molecular weight excluding hydrogens is 164 g/mol. The predicted octanol–water partition coefficient (Wildman–Crippen LogP) is 0.127. The van der Waals surface area contributed by atoms with Crippen LogP contribution in [0.5, 0.6) is 0 Å². The lowest BCUT2D eigenvalue weighted by molar-refractivity contribution is 0.457. The Morgan fingerprint density at radius 1 is 1.45 bits per heavy atom. The molecule has 3 nitrogen and oxygen atoms in total. The summed E-state index contributed by atoms with van der Waals surface area (Å²) in [6, 6.07) is 6.81. The van der Waals surface area contributed by atoms with Gasteiger partial charge in [-0.2, -0.15) is 0 Å². The van der Waals surface area contributed by atoms with Crippen LogP contribution in [0.1, 0.15) is 0 Å². The minimum Gasteiger partial charge on any atom is -0.422 e. The number of hydrogen-bond acceptors (Lipinski definition) is 3. The van der Waals surface area contributed by atoms with Crippen LogP contribution in [0.4, 0.5) is 5.69 Å². The highest BCUT2D eigenvalue weighted by Gasteiger charge is 2.17. The molecule has 5 heteroatoms. The van der Waals surface area contributed by atoms with Gasteiger partial charge < -0.3 is 15.0 Å². The zero-order valence-corrected chi connectivity index (χ0v) is 6.45. The van der Waals surface area contributed by atoms with Crippen molar-refractivity contribution < 1.29 is 9.23 Å². The Kier molecular flexibility index (Phi) is 2.76. The summed E-state index contributed by atoms with van der Waals surface area (Å²) in [7, 11) is -1.15. The largest absolute Gasteiger partial charge is 0.510 e. The molecule has 0 fully saturated rings. The highest BCUT2D eigenvalue weighted by Crippen LogP contribution is 1.99. The van der Waals surface area contributed by atoms with E-state index in [1.54, 1.807) is 24.3 Å². The van der Waals surface area contributed by atoms with Gasteiger partial charge in [0.2, 0.25) is 0 Å². The van der Waals surface area contributed by atoms with E-state index in [9.17, 15) is 0 Å². The number of para-hydroxylation sites is 1. The third-order valence-corrected chi connectivity index (χ3v) is 1.52. The van der Waals surface area contributed by atoms with Gasteiger partial charge in [0.1, 0.15) is 0 Å². The maximum atomic E-state index is 9.08. The molecule has 0 spiro atoms. The SMILES string of the molecule is Nc1ccccc1B(O)OCl. The fourth-order valence-corrected chi connectivity index (χ4v) is 0.880. The maximum Gasteiger partial charge on any atom is 0.510 e. The molecule has 0 heterocycles. The van der Waals surface area contributed by atoms with Gasteiger partial charge in [0, 0.05) is 23.0 Å². The van der Waals surface area contributed by atoms with Crippen molar-refractivity contribution in [3.05, 3.63) is 24.3 Å². The summed E-state index contributed by atoms with van der Waals surface area (Å²) in [5, 5.41) is 9.08. The molecule has 11 heavy (non-hydrogen) atoms. The van der Waals surface area contributed by atoms with E-state index < -0.39 is 7.12 Å². The maximum absolute atomic E-state index is 9.08. The molecule has 0 bridgehead atoms. The number of benzene rings is 1. The van der Waals surface area contributed by atoms with E-state index in [-0.39, 0.29) is 0 Å². The molecule has 3 N–H and O–H groups in total. The molecule has 0 aromatic heterocycles. The molecule has 58 valence electrons. The molecule has 0 amide bonds. The minimum atomic E-state index is -1.15. The van der Waals surface area contributed by atoms with E-state index >= 15 is 0 Å². The molecular formula is C6H7BClNO2. The average Bonchev–Trinajstić information content (AvgIpc) is 2.04. The topological polar surface area (TPSA) is 55.5 Å². The summed E-state index contributed by atoms with van der Waals surface area (Å²) >= 11 is 4.95. The Hall–Kier alpha value is -0.705. The van der Waals surface area contributed by atoms with Gasteiger partial charge in [-0.25, -0.2) is 0 Å². The molecule has 1 aromatic rings. The Labute approximate surface area is 70.0 Å². The molecule has 0 atom stereocenters. The Morgan fingerprint density at radius 3 is 2.64 bits per heavy atom. The molecule has 0 aliphatic carbocycles. The first-order chi connectivity index (χ1) is 5.25. The van der Waals surface area contributed by atoms with Crippen LogP contribution >= 0.6 is 11.9 Å². The Balaban J connectivity index is 2.93. The fourth-order valence-electron chi connectivity index (χ4n) is 0.784. The summed E-state index contributed by atoms with van der Waals surface area (Å²) < 4.78 is 4.16. The van der Waals surface area contributed by atoms with Crippen LogP contribution in [0, 0.1) is 0 Å². The normalized spacial score (nSPS) is 9.64. The van der Waals surface area contributed by atoms with Crippen LogP contribution in [0.2, 0.25) is 0 Å². The lowest BCUT2D eigenvalue weighted by Crippen LogP contribution is -2.32. The molecule has 1 aromatic carbocycles. The summed E-state index contributed by atoms with van der Waals surface area (Å²) in [6.07, 6.45) is 0. The Bertz CT molecular complexity index is 246. The van der Waals surface area contributed by atoms with Crippen molar-refractivity contribution in [2.45, 2.75) is 0 Å². The van der Waals surface area contributed by atoms with Gasteiger partial charge in [0.15, 0.2) is 0 Å². The van der Waals surface area contributed by atoms with Gasteiger partial charge in [-0.3, -0.25) is 0 Å². The summed E-state index contributed by atoms with van der Waals surface area (Å²) in [4.78, 5) is 0. The molecule has 0 saturated heterocycles. The van der Waals surface area contributed by atoms with Crippen molar-refractivity contribution in [3.8, 4) is 0 Å². The van der Waals surface area contributed by atoms with Crippen molar-refractivity contribution in [1.82, 2.24) is 0 Å². The van der Waals surface area contributed by atoms with E-state index in [1.165, 1.54) is 0 Å². The smallest absolute Gasteiger partial charge is 0.422 e. The van der Waals surface area contributed by atoms with E-state index in [0.717, 1.165) is 0 Å². The molecule has 0 aliphatic rings. The van der Waals surface area contributed by atoms with Gasteiger partial charge >= 0.3 is 7.12 Å². The average molecular weight is 171 g/mol. The first-order valence-corrected chi connectivity index (χ1v) is 3.36. The first-order valence-electron chi connectivity index (χ1n) is 3.05. The van der Waals surface area contributed by atoms with Gasteiger partial charge in [-0.15, -0.1) is 0 Å². The van der Waals surface area contributed by atoms with Gasteiger partial charge in [0.25, 0.3) is 0 Å². The summed E-state index contributed by atoms with van der Waals surface area (Å²) in [6.45, 7) is 0. The van der Waals surface area contributed by atoms with Crippen molar-refractivity contribution in [1.29, 1.82) is 0 Å². The van der Waals surface area contributed by atoms with Crippen LogP contribution in [0.25, 0.3) is 0 Å². The number of nitrogen functional groups attached to an aromatic ring is 1. The minimum absolute atomic E-state index is 0.459. The molecule has 0 radical (unpaired) electrons. The zero-order valence-electron chi connectivity index (χ0n) is 5.70. The molecule has 0 aliphatic heterocycles. The van der Waals surface area contributed by atoms with Crippen molar-refractivity contribution in [2.24, 2.45) is 0 Å². The second-order valence-corrected chi connectivity index (χ2v) is 2.25. The van der Waals surface area contributed by atoms with Crippen LogP contribution < -0.4 is 11.2 Å². The van der Waals surface area contributed by atoms with Crippen molar-refractivity contribution >= 4 is 30.1 Å². The number of halogens is 1. The molecule has 0 unspecified atom stereocenters. The van der Waals surface area contributed by atoms with E-state index in [2.05, 4.69) is 4.21 Å². The van der Waals surface area contributed by atoms with E-state index in [0.29, 0.717) is 11.2 Å². The molecule has 0 saturated carbocycles. The van der Waals surface area contributed by atoms with Crippen molar-refractivity contribution in [2.75, 3.05) is 5.73 Å². The van der Waals surface area contributed by atoms with Crippen molar-refractivity contribution in [3.63, 3.8) is 0 Å². The molecule has 1 rings (SSSR count). The number of hydrogen-bond donors (Lipinski definition) is 2. The lowest BCUT2D eigenvalue weighted by atomic mass is 9.79. The summed E-state index contributed by atoms with van der Waals surface area (Å²) in [5.74, 6) is 0. The van der Waals surface area contributed by atoms with Crippen LogP contribution in [0.3, 0.4) is 0 Å². The highest BCUT2D eigenvalue weighted by atomic mass is 35.5. The second kappa shape index (κ2) is 3.62. The third-order valence-electron chi connectivity index (χ3n) is 1.35. The third kappa shape index (κ3) is 1.86. The number of anilines is 1. The quantitative estimate of drug-likeness (QED) is 0.491. The van der Waals surface area contributed by atoms with Gasteiger partial charge in [0.05, 0.1) is 0 Å². The van der Waals surface area contributed by atoms with E-state index in [1.807, 2.05) is 0 Å². The Morgan fingerprint density at radius 2 is 2.09 bits per heavy atom. The lowest BCUT2D eigenvalue weighted by Gasteiger charge is -2.03. The predicted molar refractivity (Wildman–Crippen MR) is 45.4 cm³/mol. The second-order valence-electron chi connectivity index (χ2n) is 2.07. The highest BCUT2D eigenvalue weighted by molar-refractivity contribution is 6.65. The number of nitrogens with two attached hydrogens (primary N) is 1. The fraction of sp³-hybridized carbons (Fsp3) is 0. The summed E-state index contributed by atoms with van der Waals surface area (Å²) in [5.41, 5.74) is 6.43. The van der Waals surface area contributed by atoms with Crippen LogP contribution in [-0.4, -0.2) is 12.1 Å². The standard InChI is InChI=1S/C6H7BClNO2/c8-11-7(10)5-3-1-2-4-6(5)9/h1-4,10H,9H2. The number of rotatable bonds is 2. The monoisotopic (exact) mass is 171 g/mol.